The van der Waals surface area contributed by atoms with Crippen molar-refractivity contribution in [3.8, 4) is 0 Å². The number of aliphatic hydroxyl groups excluding tert-OH is 1. The van der Waals surface area contributed by atoms with Gasteiger partial charge in [0.1, 0.15) is 5.82 Å². The average molecular weight is 316 g/mol. The average Bonchev–Trinajstić information content (AvgIpc) is 2.99. The normalized spacial score (nSPS) is 11.9. The molecule has 1 heterocycles. The molecule has 2 amide bonds. The van der Waals surface area contributed by atoms with Crippen LogP contribution in [0, 0.1) is 0 Å². The van der Waals surface area contributed by atoms with Gasteiger partial charge >= 0.3 is 6.03 Å². The number of hydrogen-bond acceptors (Lipinski definition) is 3. The van der Waals surface area contributed by atoms with Crippen molar-refractivity contribution >= 4 is 11.8 Å². The highest BCUT2D eigenvalue weighted by Crippen LogP contribution is 2.18. The minimum absolute atomic E-state index is 0.107. The summed E-state index contributed by atoms with van der Waals surface area (Å²) < 4.78 is 1.77. The molecule has 6 heteroatoms. The Hall–Kier alpha value is -2.34. The van der Waals surface area contributed by atoms with Crippen molar-refractivity contribution in [3.63, 3.8) is 0 Å². The van der Waals surface area contributed by atoms with Crippen LogP contribution in [0.2, 0.25) is 0 Å². The molecule has 0 unspecified atom stereocenters. The third-order valence-electron chi connectivity index (χ3n) is 3.55. The Balaban J connectivity index is 2.01. The van der Waals surface area contributed by atoms with E-state index >= 15 is 0 Å². The molecule has 0 spiro atoms. The molecule has 0 fully saturated rings. The minimum atomic E-state index is -0.269. The van der Waals surface area contributed by atoms with Crippen molar-refractivity contribution in [2.75, 3.05) is 11.9 Å². The Morgan fingerprint density at radius 1 is 1.30 bits per heavy atom. The molecule has 0 bridgehead atoms. The third kappa shape index (κ3) is 5.10. The second-order valence-corrected chi connectivity index (χ2v) is 5.37. The lowest BCUT2D eigenvalue weighted by molar-refractivity contribution is 0.243. The lowest BCUT2D eigenvalue weighted by Crippen LogP contribution is -2.33. The summed E-state index contributed by atoms with van der Waals surface area (Å²) in [4.78, 5) is 12.3. The number of anilines is 1. The molecule has 1 atom stereocenters. The van der Waals surface area contributed by atoms with Gasteiger partial charge in [-0.25, -0.2) is 9.48 Å². The predicted octanol–water partition coefficient (Wildman–Crippen LogP) is 2.93. The van der Waals surface area contributed by atoms with E-state index in [9.17, 15) is 4.79 Å². The maximum absolute atomic E-state index is 12.3. The highest BCUT2D eigenvalue weighted by atomic mass is 16.3. The molecule has 2 rings (SSSR count). The molecule has 0 aliphatic carbocycles. The maximum Gasteiger partial charge on any atom is 0.320 e. The van der Waals surface area contributed by atoms with Crippen molar-refractivity contribution in [3.05, 3.63) is 48.2 Å². The number of rotatable bonds is 8. The monoisotopic (exact) mass is 316 g/mol. The van der Waals surface area contributed by atoms with Crippen LogP contribution in [0.1, 0.15) is 37.8 Å². The summed E-state index contributed by atoms with van der Waals surface area (Å²) in [5.41, 5.74) is 1.03. The molecule has 0 aliphatic rings. The van der Waals surface area contributed by atoms with E-state index in [2.05, 4.69) is 22.7 Å². The van der Waals surface area contributed by atoms with Crippen LogP contribution in [-0.4, -0.2) is 27.5 Å². The van der Waals surface area contributed by atoms with Crippen LogP contribution >= 0.6 is 0 Å². The molecule has 0 saturated heterocycles. The highest BCUT2D eigenvalue weighted by molar-refractivity contribution is 5.88. The van der Waals surface area contributed by atoms with Crippen molar-refractivity contribution in [2.45, 2.75) is 38.8 Å². The summed E-state index contributed by atoms with van der Waals surface area (Å²) >= 11 is 0. The van der Waals surface area contributed by atoms with Gasteiger partial charge in [-0.05, 0) is 24.8 Å². The van der Waals surface area contributed by atoms with Crippen molar-refractivity contribution in [2.24, 2.45) is 0 Å². The number of nitrogens with zero attached hydrogens (tertiary/aromatic N) is 2. The van der Waals surface area contributed by atoms with Crippen LogP contribution in [0.5, 0.6) is 0 Å². The van der Waals surface area contributed by atoms with Crippen LogP contribution in [0.4, 0.5) is 10.6 Å². The molecule has 0 saturated carbocycles. The van der Waals surface area contributed by atoms with Gasteiger partial charge in [0.25, 0.3) is 0 Å². The SMILES string of the molecule is CCCn1nccc1NC(=O)N[C@H](CCCO)c1ccccc1. The van der Waals surface area contributed by atoms with Gasteiger partial charge in [0, 0.05) is 19.2 Å². The molecule has 1 aromatic carbocycles. The smallest absolute Gasteiger partial charge is 0.320 e. The van der Waals surface area contributed by atoms with E-state index < -0.39 is 0 Å². The number of aliphatic hydroxyl groups is 1. The number of carbonyl (C=O) groups is 1. The molecule has 0 aliphatic heterocycles. The Bertz CT molecular complexity index is 598. The van der Waals surface area contributed by atoms with Gasteiger partial charge in [0.15, 0.2) is 0 Å². The summed E-state index contributed by atoms with van der Waals surface area (Å²) in [6, 6.07) is 11.2. The van der Waals surface area contributed by atoms with E-state index in [1.807, 2.05) is 30.3 Å². The van der Waals surface area contributed by atoms with E-state index in [0.717, 1.165) is 18.5 Å². The molecular formula is C17H24N4O2. The first kappa shape index (κ1) is 17.0. The lowest BCUT2D eigenvalue weighted by Gasteiger charge is -2.19. The summed E-state index contributed by atoms with van der Waals surface area (Å²) in [6.45, 7) is 2.93. The molecule has 3 N–H and O–H groups in total. The first-order valence-corrected chi connectivity index (χ1v) is 7.99. The summed E-state index contributed by atoms with van der Waals surface area (Å²) in [5, 5.41) is 19.1. The summed E-state index contributed by atoms with van der Waals surface area (Å²) in [5.74, 6) is 0.679. The first-order chi connectivity index (χ1) is 11.2. The zero-order chi connectivity index (χ0) is 16.5. The fourth-order valence-electron chi connectivity index (χ4n) is 2.44. The van der Waals surface area contributed by atoms with Crippen LogP contribution in [0.25, 0.3) is 0 Å². The molecule has 1 aromatic heterocycles. The summed E-state index contributed by atoms with van der Waals surface area (Å²) in [6.07, 6.45) is 3.93. The van der Waals surface area contributed by atoms with Crippen molar-refractivity contribution < 1.29 is 9.90 Å². The Kier molecular flexibility index (Phi) is 6.62. The maximum atomic E-state index is 12.3. The number of nitrogens with one attached hydrogen (secondary N) is 2. The number of amides is 2. The van der Waals surface area contributed by atoms with Crippen molar-refractivity contribution in [1.82, 2.24) is 15.1 Å². The second kappa shape index (κ2) is 8.95. The standard InChI is InChI=1S/C17H24N4O2/c1-2-12-21-16(10-11-18-21)20-17(23)19-15(9-6-13-22)14-7-4-3-5-8-14/h3-5,7-8,10-11,15,22H,2,6,9,12-13H2,1H3,(H2,19,20,23)/t15-/m1/s1. The van der Waals surface area contributed by atoms with Gasteiger partial charge in [-0.2, -0.15) is 5.10 Å². The number of hydrogen-bond donors (Lipinski definition) is 3. The second-order valence-electron chi connectivity index (χ2n) is 5.37. The Labute approximate surface area is 136 Å². The van der Waals surface area contributed by atoms with Gasteiger partial charge in [-0.15, -0.1) is 0 Å². The zero-order valence-corrected chi connectivity index (χ0v) is 13.4. The van der Waals surface area contributed by atoms with Crippen LogP contribution in [-0.2, 0) is 6.54 Å². The van der Waals surface area contributed by atoms with E-state index in [1.165, 1.54) is 0 Å². The molecule has 0 radical (unpaired) electrons. The van der Waals surface area contributed by atoms with Gasteiger partial charge in [0.05, 0.1) is 12.2 Å². The summed E-state index contributed by atoms with van der Waals surface area (Å²) in [7, 11) is 0. The van der Waals surface area contributed by atoms with E-state index in [-0.39, 0.29) is 18.7 Å². The molecule has 6 nitrogen and oxygen atoms in total. The molecule has 23 heavy (non-hydrogen) atoms. The highest BCUT2D eigenvalue weighted by Gasteiger charge is 2.15. The predicted molar refractivity (Wildman–Crippen MR) is 90.2 cm³/mol. The van der Waals surface area contributed by atoms with Crippen molar-refractivity contribution in [1.29, 1.82) is 0 Å². The fourth-order valence-corrected chi connectivity index (χ4v) is 2.44. The van der Waals surface area contributed by atoms with Crippen LogP contribution in [0.3, 0.4) is 0 Å². The number of aryl methyl sites for hydroxylation is 1. The van der Waals surface area contributed by atoms with E-state index in [4.69, 9.17) is 5.11 Å². The Morgan fingerprint density at radius 2 is 2.09 bits per heavy atom. The molecule has 124 valence electrons. The molecule has 2 aromatic rings. The number of carbonyl (C=O) groups excluding carboxylic acids is 1. The van der Waals surface area contributed by atoms with Gasteiger partial charge in [-0.3, -0.25) is 5.32 Å². The molecular weight excluding hydrogens is 292 g/mol. The number of benzene rings is 1. The van der Waals surface area contributed by atoms with E-state index in [0.29, 0.717) is 18.7 Å². The number of urea groups is 1. The Morgan fingerprint density at radius 3 is 2.78 bits per heavy atom. The first-order valence-electron chi connectivity index (χ1n) is 7.99. The van der Waals surface area contributed by atoms with Gasteiger partial charge in [0.2, 0.25) is 0 Å². The van der Waals surface area contributed by atoms with Crippen LogP contribution < -0.4 is 10.6 Å². The topological polar surface area (TPSA) is 79.2 Å². The van der Waals surface area contributed by atoms with Gasteiger partial charge < -0.3 is 10.4 Å². The van der Waals surface area contributed by atoms with Crippen LogP contribution in [0.15, 0.2) is 42.6 Å². The third-order valence-corrected chi connectivity index (χ3v) is 3.55. The van der Waals surface area contributed by atoms with Gasteiger partial charge in [-0.1, -0.05) is 37.3 Å². The van der Waals surface area contributed by atoms with E-state index in [1.54, 1.807) is 16.9 Å². The number of aromatic nitrogens is 2. The lowest BCUT2D eigenvalue weighted by atomic mass is 10.0. The zero-order valence-electron chi connectivity index (χ0n) is 13.4. The minimum Gasteiger partial charge on any atom is -0.396 e. The fraction of sp³-hybridized carbons (Fsp3) is 0.412. The largest absolute Gasteiger partial charge is 0.396 e. The quantitative estimate of drug-likeness (QED) is 0.700.